The van der Waals surface area contributed by atoms with Crippen molar-refractivity contribution in [3.05, 3.63) is 41.6 Å². The van der Waals surface area contributed by atoms with Crippen molar-refractivity contribution in [2.75, 3.05) is 13.1 Å². The van der Waals surface area contributed by atoms with Crippen molar-refractivity contribution in [2.24, 2.45) is 4.99 Å². The first-order valence-corrected chi connectivity index (χ1v) is 11.0. The van der Waals surface area contributed by atoms with Gasteiger partial charge in [-0.25, -0.2) is 4.79 Å². The van der Waals surface area contributed by atoms with Crippen molar-refractivity contribution in [2.45, 2.75) is 26.4 Å². The predicted octanol–water partition coefficient (Wildman–Crippen LogP) is 6.20. The number of hydrogen-bond donors (Lipinski definition) is 0. The van der Waals surface area contributed by atoms with Gasteiger partial charge in [0.1, 0.15) is 11.7 Å². The number of thiophene rings is 1. The Labute approximate surface area is 191 Å². The number of carbonyl (C=O) groups excluding carboxylic acids is 1. The second-order valence-electron chi connectivity index (χ2n) is 7.03. The molecule has 0 N–H and O–H groups in total. The quantitative estimate of drug-likeness (QED) is 0.421. The Kier molecular flexibility index (Phi) is 6.25. The van der Waals surface area contributed by atoms with Gasteiger partial charge in [-0.05, 0) is 55.5 Å². The molecule has 1 aromatic carbocycles. The van der Waals surface area contributed by atoms with Gasteiger partial charge in [-0.15, -0.1) is 11.3 Å². The summed E-state index contributed by atoms with van der Waals surface area (Å²) in [4.78, 5) is 19.4. The Morgan fingerprint density at radius 3 is 2.71 bits per heavy atom. The Bertz CT molecular complexity index is 1020. The highest BCUT2D eigenvalue weighted by atomic mass is 127. The van der Waals surface area contributed by atoms with Gasteiger partial charge in [-0.1, -0.05) is 29.3 Å². The lowest BCUT2D eigenvalue weighted by Crippen LogP contribution is -2.39. The number of aliphatic imine (C=N–C) groups is 1. The van der Waals surface area contributed by atoms with E-state index in [1.54, 1.807) is 18.2 Å². The maximum atomic E-state index is 12.7. The lowest BCUT2D eigenvalue weighted by Gasteiger charge is -2.25. The molecule has 2 heterocycles. The molecule has 5 nitrogen and oxygen atoms in total. The van der Waals surface area contributed by atoms with Gasteiger partial charge in [0.2, 0.25) is 0 Å². The van der Waals surface area contributed by atoms with Crippen LogP contribution in [0.3, 0.4) is 0 Å². The van der Waals surface area contributed by atoms with E-state index < -0.39 is 11.7 Å². The minimum absolute atomic E-state index is 0.425. The summed E-state index contributed by atoms with van der Waals surface area (Å²) in [6, 6.07) is 7.39. The largest absolute Gasteiger partial charge is 0.443 e. The highest BCUT2D eigenvalue weighted by Crippen LogP contribution is 2.42. The molecular formula is C19H16Cl2IN3O2S. The van der Waals surface area contributed by atoms with Crippen molar-refractivity contribution in [3.8, 4) is 17.2 Å². The average Bonchev–Trinajstić information content (AvgIpc) is 3.17. The Hall–Kier alpha value is -1.34. The molecule has 2 aromatic rings. The molecule has 0 fully saturated rings. The number of halogens is 3. The number of carbonyl (C=O) groups is 1. The third-order valence-electron chi connectivity index (χ3n) is 3.84. The van der Waals surface area contributed by atoms with E-state index in [2.05, 4.69) is 33.7 Å². The summed E-state index contributed by atoms with van der Waals surface area (Å²) in [6.07, 6.45) is -0.459. The number of hydrogen-bond acceptors (Lipinski definition) is 5. The van der Waals surface area contributed by atoms with E-state index in [1.165, 1.54) is 16.2 Å². The monoisotopic (exact) mass is 547 g/mol. The first-order chi connectivity index (χ1) is 13.1. The first-order valence-electron chi connectivity index (χ1n) is 8.35. The van der Waals surface area contributed by atoms with Crippen molar-refractivity contribution >= 4 is 69.1 Å². The van der Waals surface area contributed by atoms with Gasteiger partial charge in [0.25, 0.3) is 0 Å². The highest BCUT2D eigenvalue weighted by molar-refractivity contribution is 14.1. The van der Waals surface area contributed by atoms with E-state index in [0.717, 1.165) is 2.88 Å². The smallest absolute Gasteiger partial charge is 0.416 e. The average molecular weight is 548 g/mol. The van der Waals surface area contributed by atoms with Gasteiger partial charge in [0, 0.05) is 21.2 Å². The molecule has 0 radical (unpaired) electrons. The van der Waals surface area contributed by atoms with Crippen molar-refractivity contribution in [1.82, 2.24) is 4.90 Å². The summed E-state index contributed by atoms with van der Waals surface area (Å²) in [5, 5.41) is 10.7. The second kappa shape index (κ2) is 8.19. The van der Waals surface area contributed by atoms with Crippen LogP contribution in [0.2, 0.25) is 10.0 Å². The van der Waals surface area contributed by atoms with Gasteiger partial charge in [-0.2, -0.15) is 5.26 Å². The van der Waals surface area contributed by atoms with Crippen LogP contribution < -0.4 is 0 Å². The molecule has 1 aliphatic heterocycles. The van der Waals surface area contributed by atoms with Crippen molar-refractivity contribution in [1.29, 1.82) is 5.26 Å². The zero-order chi connectivity index (χ0) is 20.6. The molecule has 0 aliphatic carbocycles. The number of benzene rings is 1. The van der Waals surface area contributed by atoms with Crippen LogP contribution in [0, 0.1) is 14.2 Å². The molecule has 3 rings (SSSR count). The van der Waals surface area contributed by atoms with Crippen LogP contribution in [-0.4, -0.2) is 35.5 Å². The van der Waals surface area contributed by atoms with Crippen LogP contribution in [0.1, 0.15) is 31.2 Å². The third kappa shape index (κ3) is 4.30. The number of rotatable bonds is 2. The van der Waals surface area contributed by atoms with Crippen molar-refractivity contribution < 1.29 is 9.53 Å². The fourth-order valence-electron chi connectivity index (χ4n) is 2.75. The van der Waals surface area contributed by atoms with Gasteiger partial charge in [-0.3, -0.25) is 9.89 Å². The lowest BCUT2D eigenvalue weighted by atomic mass is 10.0. The van der Waals surface area contributed by atoms with Crippen LogP contribution >= 0.6 is 57.1 Å². The minimum Gasteiger partial charge on any atom is -0.443 e. The van der Waals surface area contributed by atoms with E-state index in [-0.39, 0.29) is 0 Å². The van der Waals surface area contributed by atoms with E-state index in [1.807, 2.05) is 20.8 Å². The molecule has 0 bridgehead atoms. The Balaban J connectivity index is 2.13. The molecule has 1 aliphatic rings. The van der Waals surface area contributed by atoms with E-state index in [9.17, 15) is 10.1 Å². The molecule has 0 atom stereocenters. The summed E-state index contributed by atoms with van der Waals surface area (Å²) in [6.45, 7) is 6.35. The fraction of sp³-hybridized carbons (Fsp3) is 0.316. The highest BCUT2D eigenvalue weighted by Gasteiger charge is 2.33. The zero-order valence-corrected chi connectivity index (χ0v) is 19.8. The minimum atomic E-state index is -0.616. The standard InChI is InChI=1S/C19H16Cl2IN3O2S/c1-19(2,3)27-18(26)25-7-6-24-17(25)15-14(12(9-23)16(22)28-15)11-5-4-10(20)8-13(11)21/h4-5,8H,6-7H2,1-3H3. The van der Waals surface area contributed by atoms with Crippen molar-refractivity contribution in [3.63, 3.8) is 0 Å². The molecule has 28 heavy (non-hydrogen) atoms. The maximum Gasteiger partial charge on any atom is 0.416 e. The second-order valence-corrected chi connectivity index (χ2v) is 10.7. The first kappa shape index (κ1) is 21.4. The molecular weight excluding hydrogens is 532 g/mol. The van der Waals surface area contributed by atoms with E-state index in [4.69, 9.17) is 27.9 Å². The van der Waals surface area contributed by atoms with Gasteiger partial charge in [0.05, 0.1) is 26.4 Å². The summed E-state index contributed by atoms with van der Waals surface area (Å²) in [5.74, 6) is 0.500. The summed E-state index contributed by atoms with van der Waals surface area (Å²) in [5.41, 5.74) is 1.22. The zero-order valence-electron chi connectivity index (χ0n) is 15.3. The van der Waals surface area contributed by atoms with Crippen LogP contribution in [0.25, 0.3) is 11.1 Å². The lowest BCUT2D eigenvalue weighted by molar-refractivity contribution is 0.0385. The molecule has 146 valence electrons. The topological polar surface area (TPSA) is 65.7 Å². The SMILES string of the molecule is CC(C)(C)OC(=O)N1CCN=C1c1sc(I)c(C#N)c1-c1ccc(Cl)cc1Cl. The molecule has 0 spiro atoms. The van der Waals surface area contributed by atoms with Gasteiger partial charge < -0.3 is 4.74 Å². The van der Waals surface area contributed by atoms with Gasteiger partial charge >= 0.3 is 6.09 Å². The number of amides is 1. The number of nitrogens with zero attached hydrogens (tertiary/aromatic N) is 3. The number of ether oxygens (including phenoxy) is 1. The molecule has 0 unspecified atom stereocenters. The normalized spacial score (nSPS) is 14.0. The summed E-state index contributed by atoms with van der Waals surface area (Å²) < 4.78 is 6.32. The molecule has 1 aromatic heterocycles. The Morgan fingerprint density at radius 2 is 2.11 bits per heavy atom. The third-order valence-corrected chi connectivity index (χ3v) is 6.56. The number of amidine groups is 1. The molecule has 9 heteroatoms. The van der Waals surface area contributed by atoms with E-state index >= 15 is 0 Å². The maximum absolute atomic E-state index is 12.7. The van der Waals surface area contributed by atoms with Gasteiger partial charge in [0.15, 0.2) is 5.84 Å². The molecule has 0 saturated carbocycles. The van der Waals surface area contributed by atoms with Crippen LogP contribution in [0.5, 0.6) is 0 Å². The number of nitriles is 1. The summed E-state index contributed by atoms with van der Waals surface area (Å²) in [7, 11) is 0. The predicted molar refractivity (Wildman–Crippen MR) is 122 cm³/mol. The molecule has 1 amide bonds. The van der Waals surface area contributed by atoms with Crippen LogP contribution in [0.15, 0.2) is 23.2 Å². The fourth-order valence-corrected chi connectivity index (χ4v) is 5.31. The Morgan fingerprint density at radius 1 is 1.39 bits per heavy atom. The van der Waals surface area contributed by atoms with Crippen LogP contribution in [-0.2, 0) is 4.74 Å². The summed E-state index contributed by atoms with van der Waals surface area (Å²) >= 11 is 16.0. The van der Waals surface area contributed by atoms with E-state index in [0.29, 0.717) is 50.5 Å². The van der Waals surface area contributed by atoms with Crippen LogP contribution in [0.4, 0.5) is 4.79 Å². The molecule has 0 saturated heterocycles.